The van der Waals surface area contributed by atoms with Gasteiger partial charge in [0, 0.05) is 12.1 Å². The molecule has 2 aromatic rings. The van der Waals surface area contributed by atoms with Crippen molar-refractivity contribution in [3.63, 3.8) is 0 Å². The summed E-state index contributed by atoms with van der Waals surface area (Å²) in [4.78, 5) is 5.87. The van der Waals surface area contributed by atoms with E-state index in [9.17, 15) is 13.2 Å². The molecule has 0 spiro atoms. The van der Waals surface area contributed by atoms with Gasteiger partial charge in [-0.2, -0.15) is 18.2 Å². The average molecular weight is 455 g/mol. The summed E-state index contributed by atoms with van der Waals surface area (Å²) in [5.74, 6) is -0.0646. The van der Waals surface area contributed by atoms with Crippen LogP contribution in [-0.4, -0.2) is 39.4 Å². The molecule has 3 N–H and O–H groups in total. The van der Waals surface area contributed by atoms with Gasteiger partial charge >= 0.3 is 6.18 Å². The highest BCUT2D eigenvalue weighted by Gasteiger charge is 2.36. The fraction of sp³-hybridized carbons (Fsp3) is 0.571. The van der Waals surface area contributed by atoms with Crippen LogP contribution in [0.3, 0.4) is 0 Å². The molecule has 1 fully saturated rings. The third-order valence-electron chi connectivity index (χ3n) is 5.42. The number of guanidine groups is 1. The normalized spacial score (nSPS) is 17.2. The van der Waals surface area contributed by atoms with Gasteiger partial charge in [-0.15, -0.1) is 0 Å². The zero-order valence-corrected chi connectivity index (χ0v) is 17.9. The number of oxime groups is 1. The van der Waals surface area contributed by atoms with Gasteiger partial charge in [-0.3, -0.25) is 0 Å². The number of ether oxygens (including phenoxy) is 1. The van der Waals surface area contributed by atoms with Crippen molar-refractivity contribution >= 4 is 5.96 Å². The van der Waals surface area contributed by atoms with Crippen LogP contribution in [0.15, 0.2) is 27.9 Å². The van der Waals surface area contributed by atoms with Crippen molar-refractivity contribution in [3.05, 3.63) is 29.7 Å². The topological polar surface area (TPSA) is 110 Å². The van der Waals surface area contributed by atoms with E-state index in [2.05, 4.69) is 22.2 Å². The molecular weight excluding hydrogens is 427 g/mol. The monoisotopic (exact) mass is 455 g/mol. The highest BCUT2D eigenvalue weighted by molar-refractivity contribution is 5.78. The highest BCUT2D eigenvalue weighted by Crippen LogP contribution is 2.39. The van der Waals surface area contributed by atoms with Gasteiger partial charge in [-0.1, -0.05) is 42.9 Å². The second-order valence-corrected chi connectivity index (χ2v) is 7.74. The van der Waals surface area contributed by atoms with Crippen LogP contribution >= 0.6 is 0 Å². The Morgan fingerprint density at radius 1 is 1.31 bits per heavy atom. The molecule has 2 heterocycles. The molecule has 1 aliphatic rings. The Morgan fingerprint density at radius 2 is 2.09 bits per heavy atom. The van der Waals surface area contributed by atoms with Gasteiger partial charge < -0.3 is 25.1 Å². The Labute approximate surface area is 184 Å². The number of unbranched alkanes of at least 4 members (excludes halogenated alkanes) is 4. The Balaban J connectivity index is 1.76. The number of hydrogen-bond donors (Lipinski definition) is 2. The number of likely N-dealkylation sites (tertiary alicyclic amines) is 1. The first kappa shape index (κ1) is 23.7. The number of nitrogens with two attached hydrogens (primary N) is 1. The van der Waals surface area contributed by atoms with Gasteiger partial charge in [0.1, 0.15) is 11.8 Å². The lowest BCUT2D eigenvalue weighted by Gasteiger charge is -2.21. The van der Waals surface area contributed by atoms with Crippen LogP contribution in [0.2, 0.25) is 0 Å². The van der Waals surface area contributed by atoms with Crippen molar-refractivity contribution in [1.82, 2.24) is 15.0 Å². The SMILES string of the molecule is CCCCCCCOc1ccc(-c2noc([C@@H]3CCCN3/C(N)=N/O)n2)cc1C(F)(F)F. The van der Waals surface area contributed by atoms with Crippen molar-refractivity contribution < 1.29 is 27.6 Å². The van der Waals surface area contributed by atoms with Gasteiger partial charge in [-0.05, 0) is 37.5 Å². The van der Waals surface area contributed by atoms with Crippen LogP contribution in [0, 0.1) is 0 Å². The second-order valence-electron chi connectivity index (χ2n) is 7.74. The summed E-state index contributed by atoms with van der Waals surface area (Å²) in [7, 11) is 0. The molecule has 32 heavy (non-hydrogen) atoms. The highest BCUT2D eigenvalue weighted by atomic mass is 19.4. The summed E-state index contributed by atoms with van der Waals surface area (Å²) in [5, 5.41) is 15.8. The van der Waals surface area contributed by atoms with Gasteiger partial charge in [-0.25, -0.2) is 0 Å². The molecule has 0 aliphatic carbocycles. The van der Waals surface area contributed by atoms with E-state index in [1.54, 1.807) is 4.90 Å². The summed E-state index contributed by atoms with van der Waals surface area (Å²) in [6.45, 7) is 2.87. The molecular formula is C21H28F3N5O3. The summed E-state index contributed by atoms with van der Waals surface area (Å²) in [6.07, 6.45) is 1.67. The third-order valence-corrected chi connectivity index (χ3v) is 5.42. The summed E-state index contributed by atoms with van der Waals surface area (Å²) < 4.78 is 51.7. The van der Waals surface area contributed by atoms with Crippen LogP contribution in [0.5, 0.6) is 5.75 Å². The van der Waals surface area contributed by atoms with E-state index >= 15 is 0 Å². The number of rotatable bonds is 9. The van der Waals surface area contributed by atoms with E-state index in [1.807, 2.05) is 0 Å². The average Bonchev–Trinajstić information content (AvgIpc) is 3.44. The number of alkyl halides is 3. The van der Waals surface area contributed by atoms with Gasteiger partial charge in [0.05, 0.1) is 12.2 Å². The molecule has 1 atom stereocenters. The Morgan fingerprint density at radius 3 is 2.81 bits per heavy atom. The van der Waals surface area contributed by atoms with E-state index < -0.39 is 17.8 Å². The maximum Gasteiger partial charge on any atom is 0.419 e. The molecule has 3 rings (SSSR count). The smallest absolute Gasteiger partial charge is 0.419 e. The molecule has 0 amide bonds. The first-order chi connectivity index (χ1) is 15.3. The van der Waals surface area contributed by atoms with E-state index in [1.165, 1.54) is 12.1 Å². The minimum Gasteiger partial charge on any atom is -0.493 e. The van der Waals surface area contributed by atoms with E-state index in [4.69, 9.17) is 20.2 Å². The van der Waals surface area contributed by atoms with E-state index in [0.29, 0.717) is 19.4 Å². The lowest BCUT2D eigenvalue weighted by atomic mass is 10.1. The van der Waals surface area contributed by atoms with Crippen LogP contribution in [0.4, 0.5) is 13.2 Å². The van der Waals surface area contributed by atoms with Crippen LogP contribution in [0.25, 0.3) is 11.4 Å². The first-order valence-corrected chi connectivity index (χ1v) is 10.8. The molecule has 0 saturated carbocycles. The Bertz CT molecular complexity index is 916. The van der Waals surface area contributed by atoms with Crippen molar-refractivity contribution in [2.45, 2.75) is 64.1 Å². The number of halogens is 3. The van der Waals surface area contributed by atoms with Crippen LogP contribution < -0.4 is 10.5 Å². The predicted molar refractivity (Wildman–Crippen MR) is 111 cm³/mol. The number of hydrogen-bond acceptors (Lipinski definition) is 6. The Hall–Kier alpha value is -2.98. The van der Waals surface area contributed by atoms with Crippen LogP contribution in [-0.2, 0) is 6.18 Å². The van der Waals surface area contributed by atoms with Gasteiger partial charge in [0.2, 0.25) is 17.7 Å². The number of aromatic nitrogens is 2. The molecule has 0 unspecified atom stereocenters. The van der Waals surface area contributed by atoms with Crippen molar-refractivity contribution in [2.24, 2.45) is 10.9 Å². The summed E-state index contributed by atoms with van der Waals surface area (Å²) in [6, 6.07) is 3.34. The quantitative estimate of drug-likeness (QED) is 0.181. The van der Waals surface area contributed by atoms with Crippen LogP contribution in [0.1, 0.15) is 69.4 Å². The molecule has 8 nitrogen and oxygen atoms in total. The standard InChI is InChI=1S/C21H28F3N5O3/c1-2-3-4-5-6-12-31-17-10-9-14(13-15(17)21(22,23)24)18-26-19(32-28-18)16-8-7-11-29(16)20(25)27-30/h9-10,13,16,30H,2-8,11-12H2,1H3,(H2,25,27)/t16-/m0/s1. The Kier molecular flexibility index (Phi) is 7.81. The van der Waals surface area contributed by atoms with Gasteiger partial charge in [0.15, 0.2) is 0 Å². The number of nitrogens with zero attached hydrogens (tertiary/aromatic N) is 4. The zero-order valence-electron chi connectivity index (χ0n) is 17.9. The predicted octanol–water partition coefficient (Wildman–Crippen LogP) is 4.95. The fourth-order valence-electron chi connectivity index (χ4n) is 3.75. The third kappa shape index (κ3) is 5.63. The summed E-state index contributed by atoms with van der Waals surface area (Å²) >= 11 is 0. The minimum absolute atomic E-state index is 0.0305. The fourth-order valence-corrected chi connectivity index (χ4v) is 3.75. The summed E-state index contributed by atoms with van der Waals surface area (Å²) in [5.41, 5.74) is 4.96. The maximum atomic E-state index is 13.6. The molecule has 1 aliphatic heterocycles. The minimum atomic E-state index is -4.59. The molecule has 0 bridgehead atoms. The van der Waals surface area contributed by atoms with E-state index in [-0.39, 0.29) is 35.6 Å². The zero-order chi connectivity index (χ0) is 23.1. The first-order valence-electron chi connectivity index (χ1n) is 10.8. The van der Waals surface area contributed by atoms with Crippen molar-refractivity contribution in [2.75, 3.05) is 13.2 Å². The van der Waals surface area contributed by atoms with Gasteiger partial charge in [0.25, 0.3) is 0 Å². The molecule has 1 aromatic heterocycles. The van der Waals surface area contributed by atoms with Crippen molar-refractivity contribution in [3.8, 4) is 17.1 Å². The van der Waals surface area contributed by atoms with E-state index in [0.717, 1.165) is 38.2 Å². The molecule has 176 valence electrons. The molecule has 0 radical (unpaired) electrons. The molecule has 1 saturated heterocycles. The lowest BCUT2D eigenvalue weighted by molar-refractivity contribution is -0.138. The second kappa shape index (κ2) is 10.6. The maximum absolute atomic E-state index is 13.6. The molecule has 1 aromatic carbocycles. The molecule has 11 heteroatoms. The number of benzene rings is 1. The van der Waals surface area contributed by atoms with Crippen molar-refractivity contribution in [1.29, 1.82) is 0 Å². The lowest BCUT2D eigenvalue weighted by Crippen LogP contribution is -2.36. The largest absolute Gasteiger partial charge is 0.493 e.